The summed E-state index contributed by atoms with van der Waals surface area (Å²) in [5, 5.41) is 6.73. The van der Waals surface area contributed by atoms with Crippen LogP contribution >= 0.6 is 12.2 Å². The molecule has 0 fully saturated rings. The lowest BCUT2D eigenvalue weighted by atomic mass is 10.1. The van der Waals surface area contributed by atoms with Gasteiger partial charge < -0.3 is 10.6 Å². The Labute approximate surface area is 155 Å². The maximum absolute atomic E-state index is 13.6. The van der Waals surface area contributed by atoms with Crippen LogP contribution in [0.5, 0.6) is 0 Å². The van der Waals surface area contributed by atoms with E-state index >= 15 is 0 Å². The lowest BCUT2D eigenvalue weighted by Gasteiger charge is -2.20. The molecule has 2 aromatic rings. The molecular weight excluding hydrogens is 333 g/mol. The zero-order valence-corrected chi connectivity index (χ0v) is 15.9. The first-order valence-corrected chi connectivity index (χ1v) is 9.04. The van der Waals surface area contributed by atoms with E-state index in [1.807, 2.05) is 12.1 Å². The number of rotatable bonds is 7. The monoisotopic (exact) mass is 359 g/mol. The molecule has 25 heavy (non-hydrogen) atoms. The average molecular weight is 360 g/mol. The SMILES string of the molecule is CCN(CC)Cc1ccccc1CNC(=S)Nc1ccc(C)c(F)c1. The normalized spacial score (nSPS) is 10.8. The average Bonchev–Trinajstić information content (AvgIpc) is 2.62. The van der Waals surface area contributed by atoms with Gasteiger partial charge in [0, 0.05) is 18.8 Å². The van der Waals surface area contributed by atoms with Gasteiger partial charge in [0.05, 0.1) is 0 Å². The summed E-state index contributed by atoms with van der Waals surface area (Å²) in [6, 6.07) is 13.4. The van der Waals surface area contributed by atoms with Crippen molar-refractivity contribution in [1.29, 1.82) is 0 Å². The fraction of sp³-hybridized carbons (Fsp3) is 0.350. The number of benzene rings is 2. The maximum Gasteiger partial charge on any atom is 0.171 e. The number of hydrogen-bond donors (Lipinski definition) is 2. The van der Waals surface area contributed by atoms with E-state index in [0.29, 0.717) is 22.9 Å². The molecule has 0 aliphatic carbocycles. The van der Waals surface area contributed by atoms with Crippen molar-refractivity contribution in [3.05, 3.63) is 65.0 Å². The molecule has 0 saturated carbocycles. The second kappa shape index (κ2) is 9.49. The molecule has 0 aliphatic rings. The Hall–Kier alpha value is -1.98. The fourth-order valence-corrected chi connectivity index (χ4v) is 2.78. The topological polar surface area (TPSA) is 27.3 Å². The minimum atomic E-state index is -0.239. The highest BCUT2D eigenvalue weighted by Gasteiger charge is 2.07. The van der Waals surface area contributed by atoms with Crippen molar-refractivity contribution in [3.63, 3.8) is 0 Å². The molecule has 0 amide bonds. The Morgan fingerprint density at radius 3 is 2.40 bits per heavy atom. The molecule has 0 unspecified atom stereocenters. The van der Waals surface area contributed by atoms with Gasteiger partial charge in [-0.15, -0.1) is 0 Å². The molecule has 2 N–H and O–H groups in total. The van der Waals surface area contributed by atoms with E-state index in [2.05, 4.69) is 47.6 Å². The minimum Gasteiger partial charge on any atom is -0.358 e. The Morgan fingerprint density at radius 1 is 1.08 bits per heavy atom. The van der Waals surface area contributed by atoms with E-state index in [-0.39, 0.29) is 5.82 Å². The van der Waals surface area contributed by atoms with Crippen molar-refractivity contribution in [2.24, 2.45) is 0 Å². The van der Waals surface area contributed by atoms with E-state index in [9.17, 15) is 4.39 Å². The van der Waals surface area contributed by atoms with Gasteiger partial charge in [0.1, 0.15) is 5.82 Å². The summed E-state index contributed by atoms with van der Waals surface area (Å²) in [4.78, 5) is 2.38. The van der Waals surface area contributed by atoms with Crippen LogP contribution in [0.25, 0.3) is 0 Å². The molecule has 2 aromatic carbocycles. The van der Waals surface area contributed by atoms with E-state index in [1.54, 1.807) is 13.0 Å². The highest BCUT2D eigenvalue weighted by atomic mass is 32.1. The van der Waals surface area contributed by atoms with E-state index < -0.39 is 0 Å². The van der Waals surface area contributed by atoms with Gasteiger partial charge in [0.2, 0.25) is 0 Å². The molecule has 3 nitrogen and oxygen atoms in total. The largest absolute Gasteiger partial charge is 0.358 e. The zero-order chi connectivity index (χ0) is 18.2. The molecule has 0 bridgehead atoms. The second-order valence-corrected chi connectivity index (χ2v) is 6.41. The Balaban J connectivity index is 1.96. The van der Waals surface area contributed by atoms with Crippen LogP contribution in [0, 0.1) is 12.7 Å². The quantitative estimate of drug-likeness (QED) is 0.714. The predicted octanol–water partition coefficient (Wildman–Crippen LogP) is 4.46. The predicted molar refractivity (Wildman–Crippen MR) is 107 cm³/mol. The third-order valence-electron chi connectivity index (χ3n) is 4.28. The molecule has 0 heterocycles. The number of nitrogens with zero attached hydrogens (tertiary/aromatic N) is 1. The van der Waals surface area contributed by atoms with Gasteiger partial charge >= 0.3 is 0 Å². The van der Waals surface area contributed by atoms with Gasteiger partial charge in [-0.1, -0.05) is 44.2 Å². The van der Waals surface area contributed by atoms with Crippen molar-refractivity contribution in [2.45, 2.75) is 33.9 Å². The minimum absolute atomic E-state index is 0.239. The van der Waals surface area contributed by atoms with Crippen molar-refractivity contribution in [3.8, 4) is 0 Å². The van der Waals surface area contributed by atoms with E-state index in [1.165, 1.54) is 17.2 Å². The molecular formula is C20H26FN3S. The first-order chi connectivity index (χ1) is 12.0. The van der Waals surface area contributed by atoms with E-state index in [0.717, 1.165) is 19.6 Å². The first-order valence-electron chi connectivity index (χ1n) is 8.63. The van der Waals surface area contributed by atoms with Gasteiger partial charge in [0.25, 0.3) is 0 Å². The van der Waals surface area contributed by atoms with Crippen LogP contribution < -0.4 is 10.6 Å². The van der Waals surface area contributed by atoms with Crippen LogP contribution in [0.2, 0.25) is 0 Å². The number of thiocarbonyl (C=S) groups is 1. The summed E-state index contributed by atoms with van der Waals surface area (Å²) < 4.78 is 13.6. The molecule has 0 atom stereocenters. The fourth-order valence-electron chi connectivity index (χ4n) is 2.59. The molecule has 134 valence electrons. The molecule has 5 heteroatoms. The van der Waals surface area contributed by atoms with Crippen LogP contribution in [0.3, 0.4) is 0 Å². The van der Waals surface area contributed by atoms with Gasteiger partial charge in [0.15, 0.2) is 5.11 Å². The van der Waals surface area contributed by atoms with Gasteiger partial charge in [-0.25, -0.2) is 4.39 Å². The summed E-state index contributed by atoms with van der Waals surface area (Å²) in [5.74, 6) is -0.239. The Kier molecular flexibility index (Phi) is 7.34. The van der Waals surface area contributed by atoms with Crippen molar-refractivity contribution in [1.82, 2.24) is 10.2 Å². The van der Waals surface area contributed by atoms with Crippen LogP contribution in [0.1, 0.15) is 30.5 Å². The standard InChI is InChI=1S/C20H26FN3S/c1-4-24(5-2)14-17-9-7-6-8-16(17)13-22-20(25)23-18-11-10-15(3)19(21)12-18/h6-12H,4-5,13-14H2,1-3H3,(H2,22,23,25). The Morgan fingerprint density at radius 2 is 1.76 bits per heavy atom. The summed E-state index contributed by atoms with van der Waals surface area (Å²) >= 11 is 5.33. The maximum atomic E-state index is 13.6. The van der Waals surface area contributed by atoms with Gasteiger partial charge in [-0.2, -0.15) is 0 Å². The van der Waals surface area contributed by atoms with Crippen molar-refractivity contribution < 1.29 is 4.39 Å². The number of hydrogen-bond acceptors (Lipinski definition) is 2. The van der Waals surface area contributed by atoms with Gasteiger partial charge in [-0.05, 0) is 61.1 Å². The third kappa shape index (κ3) is 5.80. The molecule has 2 rings (SSSR count). The number of aryl methyl sites for hydroxylation is 1. The summed E-state index contributed by atoms with van der Waals surface area (Å²) in [6.07, 6.45) is 0. The second-order valence-electron chi connectivity index (χ2n) is 6.00. The van der Waals surface area contributed by atoms with E-state index in [4.69, 9.17) is 12.2 Å². The van der Waals surface area contributed by atoms with Crippen molar-refractivity contribution in [2.75, 3.05) is 18.4 Å². The first kappa shape index (κ1) is 19.3. The zero-order valence-electron chi connectivity index (χ0n) is 15.1. The smallest absolute Gasteiger partial charge is 0.171 e. The lowest BCUT2D eigenvalue weighted by Crippen LogP contribution is -2.29. The van der Waals surface area contributed by atoms with Gasteiger partial charge in [-0.3, -0.25) is 4.90 Å². The van der Waals surface area contributed by atoms with Crippen LogP contribution in [-0.4, -0.2) is 23.1 Å². The third-order valence-corrected chi connectivity index (χ3v) is 4.52. The highest BCUT2D eigenvalue weighted by Crippen LogP contribution is 2.14. The molecule has 0 radical (unpaired) electrons. The summed E-state index contributed by atoms with van der Waals surface area (Å²) in [6.45, 7) is 9.69. The highest BCUT2D eigenvalue weighted by molar-refractivity contribution is 7.80. The summed E-state index contributed by atoms with van der Waals surface area (Å²) in [7, 11) is 0. The van der Waals surface area contributed by atoms with Crippen molar-refractivity contribution >= 4 is 23.0 Å². The van der Waals surface area contributed by atoms with Crippen LogP contribution in [0.15, 0.2) is 42.5 Å². The van der Waals surface area contributed by atoms with Crippen LogP contribution in [-0.2, 0) is 13.1 Å². The Bertz CT molecular complexity index is 714. The number of nitrogens with one attached hydrogen (secondary N) is 2. The molecule has 0 spiro atoms. The number of anilines is 1. The lowest BCUT2D eigenvalue weighted by molar-refractivity contribution is 0.295. The molecule has 0 saturated heterocycles. The molecule has 0 aromatic heterocycles. The number of halogens is 1. The molecule has 0 aliphatic heterocycles. The van der Waals surface area contributed by atoms with Crippen LogP contribution in [0.4, 0.5) is 10.1 Å². The summed E-state index contributed by atoms with van der Waals surface area (Å²) in [5.41, 5.74) is 3.78.